The van der Waals surface area contributed by atoms with E-state index in [4.69, 9.17) is 4.74 Å². The fourth-order valence-corrected chi connectivity index (χ4v) is 3.88. The summed E-state index contributed by atoms with van der Waals surface area (Å²) >= 11 is 0. The van der Waals surface area contributed by atoms with E-state index >= 15 is 0 Å². The van der Waals surface area contributed by atoms with Gasteiger partial charge in [0.25, 0.3) is 11.8 Å². The molecule has 150 valence electrons. The van der Waals surface area contributed by atoms with E-state index in [0.717, 1.165) is 29.7 Å². The number of imide groups is 1. The summed E-state index contributed by atoms with van der Waals surface area (Å²) in [5.41, 5.74) is 0.667. The number of carbonyl (C=O) groups is 4. The lowest BCUT2D eigenvalue weighted by atomic mass is 9.73. The normalized spacial score (nSPS) is 24.2. The average molecular weight is 387 g/mol. The second-order valence-electron chi connectivity index (χ2n) is 7.52. The Hall–Kier alpha value is -2.90. The molecule has 1 aromatic rings. The van der Waals surface area contributed by atoms with Gasteiger partial charge in [-0.2, -0.15) is 0 Å². The minimum atomic E-state index is -0.918. The van der Waals surface area contributed by atoms with Crippen LogP contribution in [0.5, 0.6) is 0 Å². The number of hydrogen-bond acceptors (Lipinski definition) is 5. The summed E-state index contributed by atoms with van der Waals surface area (Å²) in [7, 11) is 0. The molecule has 3 rings (SSSR count). The molecule has 1 aliphatic heterocycles. The van der Waals surface area contributed by atoms with E-state index in [2.05, 4.69) is 10.6 Å². The molecule has 2 aliphatic rings. The molecule has 1 aromatic carbocycles. The van der Waals surface area contributed by atoms with Crippen molar-refractivity contribution in [3.8, 4) is 0 Å². The second kappa shape index (κ2) is 8.00. The number of aryl methyl sites for hydroxylation is 1. The Morgan fingerprint density at radius 3 is 2.82 bits per heavy atom. The minimum Gasteiger partial charge on any atom is -0.454 e. The van der Waals surface area contributed by atoms with E-state index in [-0.39, 0.29) is 11.8 Å². The van der Waals surface area contributed by atoms with Crippen molar-refractivity contribution in [2.45, 2.75) is 45.1 Å². The Labute approximate surface area is 163 Å². The van der Waals surface area contributed by atoms with Crippen molar-refractivity contribution in [1.29, 1.82) is 0 Å². The molecule has 0 aromatic heterocycles. The highest BCUT2D eigenvalue weighted by atomic mass is 16.5. The zero-order valence-electron chi connectivity index (χ0n) is 16.1. The zero-order chi connectivity index (χ0) is 20.3. The summed E-state index contributed by atoms with van der Waals surface area (Å²) in [5, 5.41) is 5.40. The van der Waals surface area contributed by atoms with Crippen LogP contribution >= 0.6 is 0 Å². The molecular weight excluding hydrogens is 362 g/mol. The van der Waals surface area contributed by atoms with Gasteiger partial charge >= 0.3 is 12.0 Å². The minimum absolute atomic E-state index is 0.0128. The monoisotopic (exact) mass is 387 g/mol. The van der Waals surface area contributed by atoms with Crippen LogP contribution in [-0.2, 0) is 19.1 Å². The van der Waals surface area contributed by atoms with Crippen molar-refractivity contribution < 1.29 is 23.9 Å². The van der Waals surface area contributed by atoms with Gasteiger partial charge in [-0.05, 0) is 43.4 Å². The van der Waals surface area contributed by atoms with Crippen molar-refractivity contribution in [2.24, 2.45) is 5.92 Å². The molecule has 1 spiro atoms. The predicted molar refractivity (Wildman–Crippen MR) is 101 cm³/mol. The van der Waals surface area contributed by atoms with Crippen LogP contribution in [0.15, 0.2) is 24.3 Å². The third kappa shape index (κ3) is 4.00. The first-order chi connectivity index (χ1) is 13.3. The quantitative estimate of drug-likeness (QED) is 0.594. The van der Waals surface area contributed by atoms with Gasteiger partial charge in [-0.1, -0.05) is 31.9 Å². The Bertz CT molecular complexity index is 809. The third-order valence-corrected chi connectivity index (χ3v) is 5.45. The lowest BCUT2D eigenvalue weighted by molar-refractivity contribution is -0.150. The van der Waals surface area contributed by atoms with Gasteiger partial charge in [0.1, 0.15) is 12.1 Å². The molecule has 8 nitrogen and oxygen atoms in total. The summed E-state index contributed by atoms with van der Waals surface area (Å²) in [6, 6.07) is 6.63. The maximum absolute atomic E-state index is 12.8. The molecule has 1 heterocycles. The van der Waals surface area contributed by atoms with E-state index in [0.29, 0.717) is 12.1 Å². The van der Waals surface area contributed by atoms with Gasteiger partial charge in [-0.3, -0.25) is 19.3 Å². The lowest BCUT2D eigenvalue weighted by Crippen LogP contribution is -2.54. The van der Waals surface area contributed by atoms with Gasteiger partial charge in [0.05, 0.1) is 0 Å². The molecule has 0 unspecified atom stereocenters. The highest BCUT2D eigenvalue weighted by Crippen LogP contribution is 2.38. The first kappa shape index (κ1) is 19.9. The highest BCUT2D eigenvalue weighted by molar-refractivity contribution is 6.09. The topological polar surface area (TPSA) is 105 Å². The number of urea groups is 1. The molecule has 2 N–H and O–H groups in total. The lowest BCUT2D eigenvalue weighted by Gasteiger charge is -2.36. The van der Waals surface area contributed by atoms with Gasteiger partial charge < -0.3 is 15.4 Å². The van der Waals surface area contributed by atoms with Crippen LogP contribution < -0.4 is 10.6 Å². The molecule has 8 heteroatoms. The number of amides is 4. The van der Waals surface area contributed by atoms with Crippen LogP contribution in [0.4, 0.5) is 10.5 Å². The molecule has 1 saturated carbocycles. The van der Waals surface area contributed by atoms with Gasteiger partial charge in [0.2, 0.25) is 0 Å². The Morgan fingerprint density at radius 1 is 1.32 bits per heavy atom. The summed E-state index contributed by atoms with van der Waals surface area (Å²) in [6.07, 6.45) is 3.30. The van der Waals surface area contributed by atoms with Crippen molar-refractivity contribution >= 4 is 29.5 Å². The Kier molecular flexibility index (Phi) is 5.67. The first-order valence-electron chi connectivity index (χ1n) is 9.48. The predicted octanol–water partition coefficient (Wildman–Crippen LogP) is 1.98. The second-order valence-corrected chi connectivity index (χ2v) is 7.52. The average Bonchev–Trinajstić information content (AvgIpc) is 2.88. The molecule has 0 radical (unpaired) electrons. The van der Waals surface area contributed by atoms with Crippen molar-refractivity contribution in [3.05, 3.63) is 29.8 Å². The molecule has 28 heavy (non-hydrogen) atoms. The smallest absolute Gasteiger partial charge is 0.326 e. The maximum Gasteiger partial charge on any atom is 0.326 e. The number of nitrogens with zero attached hydrogens (tertiary/aromatic N) is 1. The zero-order valence-corrected chi connectivity index (χ0v) is 16.1. The molecule has 4 amide bonds. The number of nitrogens with one attached hydrogen (secondary N) is 2. The van der Waals surface area contributed by atoms with Crippen molar-refractivity contribution in [1.82, 2.24) is 10.2 Å². The number of ether oxygens (including phenoxy) is 1. The van der Waals surface area contributed by atoms with E-state index < -0.39 is 36.6 Å². The fourth-order valence-electron chi connectivity index (χ4n) is 3.88. The van der Waals surface area contributed by atoms with Crippen molar-refractivity contribution in [2.75, 3.05) is 18.5 Å². The number of hydrogen-bond donors (Lipinski definition) is 2. The largest absolute Gasteiger partial charge is 0.454 e. The molecule has 2 fully saturated rings. The summed E-state index contributed by atoms with van der Waals surface area (Å²) in [6.45, 7) is 2.84. The number of benzene rings is 1. The highest BCUT2D eigenvalue weighted by Gasteiger charge is 2.55. The van der Waals surface area contributed by atoms with Gasteiger partial charge in [0, 0.05) is 5.69 Å². The van der Waals surface area contributed by atoms with E-state index in [1.54, 1.807) is 18.2 Å². The van der Waals surface area contributed by atoms with Crippen LogP contribution in [0.3, 0.4) is 0 Å². The summed E-state index contributed by atoms with van der Waals surface area (Å²) in [4.78, 5) is 50.0. The number of anilines is 1. The van der Waals surface area contributed by atoms with E-state index in [1.165, 1.54) is 0 Å². The Balaban J connectivity index is 1.52. The van der Waals surface area contributed by atoms with Crippen LogP contribution in [0.1, 0.15) is 38.2 Å². The fraction of sp³-hybridized carbons (Fsp3) is 0.500. The van der Waals surface area contributed by atoms with Crippen LogP contribution in [0.2, 0.25) is 0 Å². The molecule has 1 aliphatic carbocycles. The SMILES string of the molecule is Cc1cccc(NC(=O)COC(=O)CN2C(=O)N[C@]3(CCCC[C@@H]3C)C2=O)c1. The number of rotatable bonds is 5. The molecule has 2 atom stereocenters. The molecule has 0 bridgehead atoms. The van der Waals surface area contributed by atoms with E-state index in [9.17, 15) is 19.2 Å². The van der Waals surface area contributed by atoms with Gasteiger partial charge in [-0.15, -0.1) is 0 Å². The summed E-state index contributed by atoms with van der Waals surface area (Å²) < 4.78 is 4.94. The maximum atomic E-state index is 12.8. The van der Waals surface area contributed by atoms with Gasteiger partial charge in [-0.25, -0.2) is 4.79 Å². The first-order valence-corrected chi connectivity index (χ1v) is 9.48. The van der Waals surface area contributed by atoms with Gasteiger partial charge in [0.15, 0.2) is 6.61 Å². The van der Waals surface area contributed by atoms with Crippen molar-refractivity contribution in [3.63, 3.8) is 0 Å². The van der Waals surface area contributed by atoms with Crippen LogP contribution in [-0.4, -0.2) is 47.4 Å². The summed E-state index contributed by atoms with van der Waals surface area (Å²) in [5.74, 6) is -1.67. The van der Waals surface area contributed by atoms with E-state index in [1.807, 2.05) is 19.9 Å². The molecule has 1 saturated heterocycles. The third-order valence-electron chi connectivity index (χ3n) is 5.45. The number of carbonyl (C=O) groups excluding carboxylic acids is 4. The number of esters is 1. The standard InChI is InChI=1S/C20H25N3O5/c1-13-6-5-8-15(10-13)21-16(24)12-28-17(25)11-23-18(26)20(22-19(23)27)9-4-3-7-14(20)2/h5-6,8,10,14H,3-4,7,9,11-12H2,1-2H3,(H,21,24)(H,22,27)/t14-,20-/m0/s1. The van der Waals surface area contributed by atoms with Crippen LogP contribution in [0.25, 0.3) is 0 Å². The van der Waals surface area contributed by atoms with Crippen LogP contribution in [0, 0.1) is 12.8 Å². The Morgan fingerprint density at radius 2 is 2.11 bits per heavy atom. The molecular formula is C20H25N3O5.